The van der Waals surface area contributed by atoms with Crippen LogP contribution in [0.2, 0.25) is 5.02 Å². The number of carbonyl (C=O) groups excluding carboxylic acids is 2. The van der Waals surface area contributed by atoms with Crippen molar-refractivity contribution in [3.05, 3.63) is 65.2 Å². The van der Waals surface area contributed by atoms with E-state index in [1.165, 1.54) is 16.3 Å². The van der Waals surface area contributed by atoms with E-state index in [4.69, 9.17) is 11.6 Å². The molecule has 0 heterocycles. The number of carbonyl (C=O) groups is 2. The average Bonchev–Trinajstić information content (AvgIpc) is 2.74. The van der Waals surface area contributed by atoms with Crippen molar-refractivity contribution in [2.24, 2.45) is 0 Å². The highest BCUT2D eigenvalue weighted by molar-refractivity contribution is 7.92. The van der Waals surface area contributed by atoms with Crippen LogP contribution in [0.1, 0.15) is 25.3 Å². The molecule has 0 unspecified atom stereocenters. The number of nitrogens with one attached hydrogen (secondary N) is 1. The summed E-state index contributed by atoms with van der Waals surface area (Å²) >= 11 is 5.93. The molecule has 0 spiro atoms. The molecule has 1 atom stereocenters. The first kappa shape index (κ1) is 24.7. The van der Waals surface area contributed by atoms with Crippen LogP contribution in [0.3, 0.4) is 0 Å². The Balaban J connectivity index is 2.11. The van der Waals surface area contributed by atoms with Crippen molar-refractivity contribution in [3.8, 4) is 0 Å². The number of anilines is 1. The second-order valence-electron chi connectivity index (χ2n) is 7.21. The summed E-state index contributed by atoms with van der Waals surface area (Å²) in [5, 5.41) is 3.16. The van der Waals surface area contributed by atoms with Gasteiger partial charge >= 0.3 is 0 Å². The van der Waals surface area contributed by atoms with Gasteiger partial charge in [-0.2, -0.15) is 0 Å². The molecule has 0 aliphatic heterocycles. The number of hydrogen-bond donors (Lipinski definition) is 1. The third kappa shape index (κ3) is 7.25. The quantitative estimate of drug-likeness (QED) is 0.584. The maximum absolute atomic E-state index is 13.0. The van der Waals surface area contributed by atoms with E-state index < -0.39 is 16.1 Å². The Hall–Kier alpha value is -2.58. The molecule has 0 radical (unpaired) electrons. The van der Waals surface area contributed by atoms with Gasteiger partial charge in [0, 0.05) is 31.6 Å². The monoisotopic (exact) mass is 465 g/mol. The lowest BCUT2D eigenvalue weighted by atomic mass is 10.1. The Bertz CT molecular complexity index is 982. The van der Waals surface area contributed by atoms with Crippen molar-refractivity contribution in [1.29, 1.82) is 0 Å². The molecule has 2 aromatic rings. The molecule has 2 rings (SSSR count). The van der Waals surface area contributed by atoms with E-state index >= 15 is 0 Å². The average molecular weight is 466 g/mol. The van der Waals surface area contributed by atoms with Crippen molar-refractivity contribution in [2.45, 2.75) is 32.4 Å². The van der Waals surface area contributed by atoms with Gasteiger partial charge in [-0.3, -0.25) is 13.9 Å². The second-order valence-corrected chi connectivity index (χ2v) is 9.56. The number of likely N-dealkylation sites (N-methyl/N-ethyl adjacent to an activating group) is 1. The molecule has 0 aliphatic carbocycles. The third-order valence-corrected chi connectivity index (χ3v) is 6.32. The summed E-state index contributed by atoms with van der Waals surface area (Å²) < 4.78 is 25.7. The minimum absolute atomic E-state index is 0.105. The van der Waals surface area contributed by atoms with Crippen LogP contribution in [-0.2, 0) is 26.2 Å². The number of para-hydroxylation sites is 1. The van der Waals surface area contributed by atoms with Gasteiger partial charge in [0.1, 0.15) is 6.04 Å². The SMILES string of the molecule is CNC(=O)[C@H](C)N(Cc1ccc(Cl)cc1)C(=O)CCCN(c1ccccc1)S(C)(=O)=O. The first-order valence-corrected chi connectivity index (χ1v) is 12.1. The minimum atomic E-state index is -3.49. The van der Waals surface area contributed by atoms with Crippen molar-refractivity contribution < 1.29 is 18.0 Å². The van der Waals surface area contributed by atoms with E-state index in [0.29, 0.717) is 17.1 Å². The van der Waals surface area contributed by atoms with Gasteiger partial charge < -0.3 is 10.2 Å². The predicted molar refractivity (Wildman–Crippen MR) is 123 cm³/mol. The lowest BCUT2D eigenvalue weighted by Crippen LogP contribution is -2.46. The molecule has 0 bridgehead atoms. The van der Waals surface area contributed by atoms with Crippen LogP contribution >= 0.6 is 11.6 Å². The zero-order valence-electron chi connectivity index (χ0n) is 17.9. The molecule has 9 heteroatoms. The summed E-state index contributed by atoms with van der Waals surface area (Å²) in [4.78, 5) is 26.7. The second kappa shape index (κ2) is 11.2. The molecule has 0 fully saturated rings. The molecule has 0 aliphatic rings. The van der Waals surface area contributed by atoms with Gasteiger partial charge in [-0.15, -0.1) is 0 Å². The van der Waals surface area contributed by atoms with Gasteiger partial charge in [-0.1, -0.05) is 41.9 Å². The number of benzene rings is 2. The van der Waals surface area contributed by atoms with Gasteiger partial charge in [0.25, 0.3) is 0 Å². The van der Waals surface area contributed by atoms with Gasteiger partial charge in [-0.25, -0.2) is 8.42 Å². The van der Waals surface area contributed by atoms with E-state index in [1.54, 1.807) is 55.5 Å². The Morgan fingerprint density at radius 2 is 1.68 bits per heavy atom. The molecular weight excluding hydrogens is 438 g/mol. The predicted octanol–water partition coefficient (Wildman–Crippen LogP) is 3.05. The van der Waals surface area contributed by atoms with Crippen molar-refractivity contribution in [3.63, 3.8) is 0 Å². The Kier molecular flexibility index (Phi) is 8.88. The van der Waals surface area contributed by atoms with Crippen molar-refractivity contribution in [1.82, 2.24) is 10.2 Å². The Morgan fingerprint density at radius 3 is 2.23 bits per heavy atom. The van der Waals surface area contributed by atoms with Crippen LogP contribution in [0.4, 0.5) is 5.69 Å². The molecule has 2 aromatic carbocycles. The van der Waals surface area contributed by atoms with Crippen molar-refractivity contribution >= 4 is 39.1 Å². The maximum Gasteiger partial charge on any atom is 0.242 e. The molecule has 0 saturated heterocycles. The first-order valence-electron chi connectivity index (χ1n) is 9.91. The summed E-state index contributed by atoms with van der Waals surface area (Å²) in [5.74, 6) is -0.503. The molecule has 7 nitrogen and oxygen atoms in total. The van der Waals surface area contributed by atoms with Crippen LogP contribution in [0.25, 0.3) is 0 Å². The largest absolute Gasteiger partial charge is 0.357 e. The fourth-order valence-electron chi connectivity index (χ4n) is 3.18. The van der Waals surface area contributed by atoms with Crippen LogP contribution in [0.15, 0.2) is 54.6 Å². The fraction of sp³-hybridized carbons (Fsp3) is 0.364. The number of amides is 2. The highest BCUT2D eigenvalue weighted by atomic mass is 35.5. The van der Waals surface area contributed by atoms with E-state index in [-0.39, 0.29) is 31.3 Å². The van der Waals surface area contributed by atoms with E-state index in [9.17, 15) is 18.0 Å². The van der Waals surface area contributed by atoms with Gasteiger partial charge in [0.15, 0.2) is 0 Å². The highest BCUT2D eigenvalue weighted by Crippen LogP contribution is 2.19. The lowest BCUT2D eigenvalue weighted by Gasteiger charge is -2.29. The summed E-state index contributed by atoms with van der Waals surface area (Å²) in [7, 11) is -1.97. The zero-order chi connectivity index (χ0) is 23.0. The Morgan fingerprint density at radius 1 is 1.06 bits per heavy atom. The van der Waals surface area contributed by atoms with Crippen LogP contribution in [0.5, 0.6) is 0 Å². The third-order valence-electron chi connectivity index (χ3n) is 4.88. The summed E-state index contributed by atoms with van der Waals surface area (Å²) in [6.07, 6.45) is 1.56. The molecular formula is C22H28ClN3O4S. The fourth-order valence-corrected chi connectivity index (χ4v) is 4.27. The first-order chi connectivity index (χ1) is 14.6. The van der Waals surface area contributed by atoms with Gasteiger partial charge in [0.2, 0.25) is 21.8 Å². The number of nitrogens with zero attached hydrogens (tertiary/aromatic N) is 2. The summed E-state index contributed by atoms with van der Waals surface area (Å²) in [5.41, 5.74) is 1.39. The van der Waals surface area contributed by atoms with Gasteiger partial charge in [0.05, 0.1) is 11.9 Å². The molecule has 2 amide bonds. The number of halogens is 1. The van der Waals surface area contributed by atoms with Crippen LogP contribution < -0.4 is 9.62 Å². The number of hydrogen-bond acceptors (Lipinski definition) is 4. The highest BCUT2D eigenvalue weighted by Gasteiger charge is 2.26. The lowest BCUT2D eigenvalue weighted by molar-refractivity contribution is -0.140. The smallest absolute Gasteiger partial charge is 0.242 e. The van der Waals surface area contributed by atoms with Gasteiger partial charge in [-0.05, 0) is 43.2 Å². The maximum atomic E-state index is 13.0. The zero-order valence-corrected chi connectivity index (χ0v) is 19.5. The summed E-state index contributed by atoms with van der Waals surface area (Å²) in [6, 6.07) is 15.2. The number of sulfonamides is 1. The normalized spacial score (nSPS) is 12.1. The molecule has 1 N–H and O–H groups in total. The Labute approximate surface area is 189 Å². The molecule has 31 heavy (non-hydrogen) atoms. The molecule has 168 valence electrons. The minimum Gasteiger partial charge on any atom is -0.357 e. The number of rotatable bonds is 10. The van der Waals surface area contributed by atoms with E-state index in [1.807, 2.05) is 6.07 Å². The standard InChI is InChI=1S/C22H28ClN3O4S/c1-17(22(28)24-2)25(16-18-11-13-19(23)14-12-18)21(27)10-7-15-26(31(3,29)30)20-8-5-4-6-9-20/h4-6,8-9,11-14,17H,7,10,15-16H2,1-3H3,(H,24,28)/t17-/m0/s1. The topological polar surface area (TPSA) is 86.8 Å². The molecule has 0 saturated carbocycles. The van der Waals surface area contributed by atoms with E-state index in [2.05, 4.69) is 5.32 Å². The summed E-state index contributed by atoms with van der Waals surface area (Å²) in [6.45, 7) is 2.08. The van der Waals surface area contributed by atoms with Crippen LogP contribution in [-0.4, -0.2) is 51.0 Å². The van der Waals surface area contributed by atoms with Crippen molar-refractivity contribution in [2.75, 3.05) is 24.2 Å². The van der Waals surface area contributed by atoms with Crippen LogP contribution in [0, 0.1) is 0 Å². The molecule has 0 aromatic heterocycles. The van der Waals surface area contributed by atoms with E-state index in [0.717, 1.165) is 11.8 Å².